The van der Waals surface area contributed by atoms with Crippen molar-refractivity contribution in [2.24, 2.45) is 0 Å². The summed E-state index contributed by atoms with van der Waals surface area (Å²) in [6.07, 6.45) is 0. The number of hydrogen-bond acceptors (Lipinski definition) is 5. The van der Waals surface area contributed by atoms with Crippen LogP contribution in [0.1, 0.15) is 21.5 Å². The number of methoxy groups -OCH3 is 2. The average Bonchev–Trinajstić information content (AvgIpc) is 2.42. The molecule has 1 aromatic carbocycles. The molecule has 6 heteroatoms. The molecule has 0 heterocycles. The van der Waals surface area contributed by atoms with Crippen molar-refractivity contribution in [2.45, 2.75) is 19.9 Å². The van der Waals surface area contributed by atoms with Crippen molar-refractivity contribution < 1.29 is 19.1 Å². The van der Waals surface area contributed by atoms with E-state index in [9.17, 15) is 9.59 Å². The van der Waals surface area contributed by atoms with Gasteiger partial charge in [-0.3, -0.25) is 4.79 Å². The molecule has 0 saturated heterocycles. The second-order valence-electron chi connectivity index (χ2n) is 4.53. The van der Waals surface area contributed by atoms with Crippen LogP contribution in [0.5, 0.6) is 0 Å². The summed E-state index contributed by atoms with van der Waals surface area (Å²) in [6, 6.07) is 2.52. The standard InChI is InChI=1S/C14H20N2O4/c1-8-5-10(6-9(2)12(8)15)13(17)16-11(7-19-3)14(18)20-4/h5-6,11H,7,15H2,1-4H3,(H,16,17). The highest BCUT2D eigenvalue weighted by Crippen LogP contribution is 2.18. The third-order valence-corrected chi connectivity index (χ3v) is 2.98. The van der Waals surface area contributed by atoms with E-state index in [2.05, 4.69) is 10.1 Å². The summed E-state index contributed by atoms with van der Waals surface area (Å²) in [6.45, 7) is 3.70. The van der Waals surface area contributed by atoms with Gasteiger partial charge in [-0.1, -0.05) is 0 Å². The van der Waals surface area contributed by atoms with Gasteiger partial charge >= 0.3 is 5.97 Å². The number of esters is 1. The van der Waals surface area contributed by atoms with Crippen molar-refractivity contribution in [1.82, 2.24) is 5.32 Å². The summed E-state index contributed by atoms with van der Waals surface area (Å²) in [5.74, 6) is -0.923. The third-order valence-electron chi connectivity index (χ3n) is 2.98. The molecule has 3 N–H and O–H groups in total. The summed E-state index contributed by atoms with van der Waals surface area (Å²) in [7, 11) is 2.70. The minimum absolute atomic E-state index is 0.0470. The first-order valence-electron chi connectivity index (χ1n) is 6.15. The van der Waals surface area contributed by atoms with Crippen LogP contribution in [0.3, 0.4) is 0 Å². The zero-order chi connectivity index (χ0) is 15.3. The smallest absolute Gasteiger partial charge is 0.330 e. The Labute approximate surface area is 118 Å². The number of nitrogens with two attached hydrogens (primary N) is 1. The van der Waals surface area contributed by atoms with E-state index in [0.717, 1.165) is 11.1 Å². The van der Waals surface area contributed by atoms with Crippen molar-refractivity contribution in [3.63, 3.8) is 0 Å². The first-order chi connectivity index (χ1) is 9.40. The van der Waals surface area contributed by atoms with E-state index in [1.54, 1.807) is 12.1 Å². The van der Waals surface area contributed by atoms with Crippen LogP contribution in [0, 0.1) is 13.8 Å². The number of hydrogen-bond donors (Lipinski definition) is 2. The lowest BCUT2D eigenvalue weighted by Crippen LogP contribution is -2.44. The Morgan fingerprint density at radius 1 is 1.25 bits per heavy atom. The van der Waals surface area contributed by atoms with Gasteiger partial charge in [0.05, 0.1) is 13.7 Å². The molecule has 0 bridgehead atoms. The van der Waals surface area contributed by atoms with Crippen molar-refractivity contribution >= 4 is 17.6 Å². The minimum atomic E-state index is -0.837. The predicted molar refractivity (Wildman–Crippen MR) is 75.5 cm³/mol. The van der Waals surface area contributed by atoms with E-state index in [-0.39, 0.29) is 12.5 Å². The molecule has 0 aliphatic rings. The monoisotopic (exact) mass is 280 g/mol. The molecule has 1 unspecified atom stereocenters. The van der Waals surface area contributed by atoms with Gasteiger partial charge in [0.15, 0.2) is 6.04 Å². The number of ether oxygens (including phenoxy) is 2. The molecular formula is C14H20N2O4. The first kappa shape index (κ1) is 16.0. The Morgan fingerprint density at radius 2 is 1.80 bits per heavy atom. The maximum Gasteiger partial charge on any atom is 0.330 e. The fraction of sp³-hybridized carbons (Fsp3) is 0.429. The van der Waals surface area contributed by atoms with Crippen molar-refractivity contribution in [3.05, 3.63) is 28.8 Å². The molecule has 20 heavy (non-hydrogen) atoms. The lowest BCUT2D eigenvalue weighted by molar-refractivity contribution is -0.144. The van der Waals surface area contributed by atoms with Crippen LogP contribution in [0.2, 0.25) is 0 Å². The molecule has 0 aliphatic heterocycles. The molecule has 0 spiro atoms. The number of benzene rings is 1. The molecule has 6 nitrogen and oxygen atoms in total. The Morgan fingerprint density at radius 3 is 2.25 bits per heavy atom. The van der Waals surface area contributed by atoms with Crippen LogP contribution in [-0.4, -0.2) is 38.7 Å². The number of rotatable bonds is 5. The molecule has 0 aromatic heterocycles. The van der Waals surface area contributed by atoms with Crippen LogP contribution in [0.25, 0.3) is 0 Å². The predicted octanol–water partition coefficient (Wildman–Crippen LogP) is 0.803. The van der Waals surface area contributed by atoms with Gasteiger partial charge in [-0.15, -0.1) is 0 Å². The second-order valence-corrected chi connectivity index (χ2v) is 4.53. The molecule has 0 fully saturated rings. The normalized spacial score (nSPS) is 11.8. The van der Waals surface area contributed by atoms with Gasteiger partial charge < -0.3 is 20.5 Å². The van der Waals surface area contributed by atoms with Crippen molar-refractivity contribution in [3.8, 4) is 0 Å². The minimum Gasteiger partial charge on any atom is -0.467 e. The zero-order valence-corrected chi connectivity index (χ0v) is 12.1. The molecular weight excluding hydrogens is 260 g/mol. The fourth-order valence-electron chi connectivity index (χ4n) is 1.82. The van der Waals surface area contributed by atoms with Crippen LogP contribution < -0.4 is 11.1 Å². The molecule has 0 radical (unpaired) electrons. The SMILES string of the molecule is COCC(NC(=O)c1cc(C)c(N)c(C)c1)C(=O)OC. The Kier molecular flexibility index (Phi) is 5.52. The maximum absolute atomic E-state index is 12.2. The summed E-state index contributed by atoms with van der Waals surface area (Å²) >= 11 is 0. The largest absolute Gasteiger partial charge is 0.467 e. The first-order valence-corrected chi connectivity index (χ1v) is 6.15. The highest BCUT2D eigenvalue weighted by Gasteiger charge is 2.22. The van der Waals surface area contributed by atoms with Gasteiger partial charge in [0.25, 0.3) is 5.91 Å². The molecule has 1 aromatic rings. The highest BCUT2D eigenvalue weighted by atomic mass is 16.5. The van der Waals surface area contributed by atoms with Crippen LogP contribution in [0.4, 0.5) is 5.69 Å². The number of nitrogens with one attached hydrogen (secondary N) is 1. The van der Waals surface area contributed by atoms with Gasteiger partial charge in [-0.2, -0.15) is 0 Å². The molecule has 1 atom stereocenters. The van der Waals surface area contributed by atoms with Crippen LogP contribution >= 0.6 is 0 Å². The number of nitrogen functional groups attached to an aromatic ring is 1. The Balaban J connectivity index is 2.91. The number of aryl methyl sites for hydroxylation is 2. The zero-order valence-electron chi connectivity index (χ0n) is 12.1. The van der Waals surface area contributed by atoms with Crippen LogP contribution in [0.15, 0.2) is 12.1 Å². The summed E-state index contributed by atoms with van der Waals surface area (Å²) in [5.41, 5.74) is 8.58. The topological polar surface area (TPSA) is 90.6 Å². The van der Waals surface area contributed by atoms with E-state index >= 15 is 0 Å². The lowest BCUT2D eigenvalue weighted by atomic mass is 10.0. The summed E-state index contributed by atoms with van der Waals surface area (Å²) in [5, 5.41) is 2.58. The third kappa shape index (κ3) is 3.71. The van der Waals surface area contributed by atoms with E-state index in [1.165, 1.54) is 14.2 Å². The fourth-order valence-corrected chi connectivity index (χ4v) is 1.82. The average molecular weight is 280 g/mol. The summed E-state index contributed by atoms with van der Waals surface area (Å²) in [4.78, 5) is 23.7. The highest BCUT2D eigenvalue weighted by molar-refractivity contribution is 5.97. The van der Waals surface area contributed by atoms with Gasteiger partial charge in [0.2, 0.25) is 0 Å². The summed E-state index contributed by atoms with van der Waals surface area (Å²) < 4.78 is 9.51. The molecule has 1 amide bonds. The van der Waals surface area contributed by atoms with Gasteiger partial charge in [-0.05, 0) is 37.1 Å². The number of anilines is 1. The van der Waals surface area contributed by atoms with E-state index in [0.29, 0.717) is 11.3 Å². The molecule has 1 rings (SSSR count). The van der Waals surface area contributed by atoms with E-state index in [4.69, 9.17) is 10.5 Å². The maximum atomic E-state index is 12.2. The van der Waals surface area contributed by atoms with Gasteiger partial charge in [-0.25, -0.2) is 4.79 Å². The quantitative estimate of drug-likeness (QED) is 0.615. The Bertz CT molecular complexity index is 491. The van der Waals surface area contributed by atoms with Gasteiger partial charge in [0.1, 0.15) is 0 Å². The second kappa shape index (κ2) is 6.91. The van der Waals surface area contributed by atoms with Crippen molar-refractivity contribution in [2.75, 3.05) is 26.6 Å². The Hall–Kier alpha value is -2.08. The number of carbonyl (C=O) groups excluding carboxylic acids is 2. The van der Waals surface area contributed by atoms with Crippen molar-refractivity contribution in [1.29, 1.82) is 0 Å². The molecule has 0 saturated carbocycles. The molecule has 110 valence electrons. The van der Waals surface area contributed by atoms with Gasteiger partial charge in [0, 0.05) is 18.4 Å². The number of carbonyl (C=O) groups is 2. The number of amides is 1. The van der Waals surface area contributed by atoms with Crippen LogP contribution in [-0.2, 0) is 14.3 Å². The van der Waals surface area contributed by atoms with E-state index < -0.39 is 12.0 Å². The lowest BCUT2D eigenvalue weighted by Gasteiger charge is -2.16. The van der Waals surface area contributed by atoms with E-state index in [1.807, 2.05) is 13.8 Å². The molecule has 0 aliphatic carbocycles.